The van der Waals surface area contributed by atoms with Crippen molar-refractivity contribution in [3.63, 3.8) is 0 Å². The van der Waals surface area contributed by atoms with Crippen molar-refractivity contribution in [2.75, 3.05) is 11.9 Å². The zero-order chi connectivity index (χ0) is 12.4. The minimum Gasteiger partial charge on any atom is -0.478 e. The number of ether oxygens (including phenoxy) is 1. The summed E-state index contributed by atoms with van der Waals surface area (Å²) in [5, 5.41) is 13.5. The van der Waals surface area contributed by atoms with Crippen LogP contribution >= 0.6 is 11.3 Å². The first-order valence-electron chi connectivity index (χ1n) is 5.33. The van der Waals surface area contributed by atoms with Crippen molar-refractivity contribution in [1.82, 2.24) is 0 Å². The van der Waals surface area contributed by atoms with Crippen molar-refractivity contribution in [3.8, 4) is 0 Å². The van der Waals surface area contributed by atoms with E-state index in [-0.39, 0.29) is 17.4 Å². The standard InChI is InChI=1S/C11H13NO4S/c1-6-2-4-16-8(6)9(13)12-10-7(11(14)15)3-5-17-10/h3,5-6,8H,2,4H2,1H3,(H,12,13)(H,14,15). The molecule has 2 atom stereocenters. The van der Waals surface area contributed by atoms with Crippen molar-refractivity contribution in [1.29, 1.82) is 0 Å². The number of aromatic carboxylic acids is 1. The van der Waals surface area contributed by atoms with Gasteiger partial charge in [0.2, 0.25) is 0 Å². The number of nitrogens with one attached hydrogen (secondary N) is 1. The van der Waals surface area contributed by atoms with Crippen LogP contribution in [-0.2, 0) is 9.53 Å². The van der Waals surface area contributed by atoms with Gasteiger partial charge in [-0.25, -0.2) is 4.79 Å². The first kappa shape index (κ1) is 12.1. The molecule has 2 heterocycles. The highest BCUT2D eigenvalue weighted by Gasteiger charge is 2.31. The maximum atomic E-state index is 11.9. The van der Waals surface area contributed by atoms with Crippen molar-refractivity contribution in [3.05, 3.63) is 17.0 Å². The summed E-state index contributed by atoms with van der Waals surface area (Å²) >= 11 is 1.20. The van der Waals surface area contributed by atoms with Crippen molar-refractivity contribution in [2.24, 2.45) is 5.92 Å². The van der Waals surface area contributed by atoms with Gasteiger partial charge in [0, 0.05) is 6.61 Å². The van der Waals surface area contributed by atoms with Crippen LogP contribution in [0.1, 0.15) is 23.7 Å². The van der Waals surface area contributed by atoms with E-state index in [0.717, 1.165) is 6.42 Å². The van der Waals surface area contributed by atoms with Gasteiger partial charge in [-0.15, -0.1) is 11.3 Å². The Kier molecular flexibility index (Phi) is 3.44. The number of carbonyl (C=O) groups excluding carboxylic acids is 1. The molecule has 5 nitrogen and oxygen atoms in total. The number of hydrogen-bond acceptors (Lipinski definition) is 4. The van der Waals surface area contributed by atoms with Gasteiger partial charge in [0.25, 0.3) is 5.91 Å². The van der Waals surface area contributed by atoms with Crippen LogP contribution in [-0.4, -0.2) is 29.7 Å². The molecule has 6 heteroatoms. The number of carboxylic acids is 1. The summed E-state index contributed by atoms with van der Waals surface area (Å²) in [7, 11) is 0. The number of rotatable bonds is 3. The largest absolute Gasteiger partial charge is 0.478 e. The summed E-state index contributed by atoms with van der Waals surface area (Å²) in [6.07, 6.45) is 0.382. The average molecular weight is 255 g/mol. The quantitative estimate of drug-likeness (QED) is 0.863. The van der Waals surface area contributed by atoms with Gasteiger partial charge in [0.15, 0.2) is 0 Å². The number of carbonyl (C=O) groups is 2. The van der Waals surface area contributed by atoms with Gasteiger partial charge in [-0.3, -0.25) is 4.79 Å². The van der Waals surface area contributed by atoms with Gasteiger partial charge in [0.1, 0.15) is 11.1 Å². The lowest BCUT2D eigenvalue weighted by Gasteiger charge is -2.13. The highest BCUT2D eigenvalue weighted by Crippen LogP contribution is 2.26. The lowest BCUT2D eigenvalue weighted by Crippen LogP contribution is -2.31. The Morgan fingerprint density at radius 3 is 2.94 bits per heavy atom. The van der Waals surface area contributed by atoms with E-state index in [2.05, 4.69) is 5.32 Å². The van der Waals surface area contributed by atoms with Crippen LogP contribution in [0, 0.1) is 5.92 Å². The molecule has 0 aromatic carbocycles. The molecule has 2 N–H and O–H groups in total. The number of amides is 1. The maximum absolute atomic E-state index is 11.9. The van der Waals surface area contributed by atoms with Gasteiger partial charge in [0.05, 0.1) is 5.56 Å². The monoisotopic (exact) mass is 255 g/mol. The average Bonchev–Trinajstić information content (AvgIpc) is 2.86. The summed E-state index contributed by atoms with van der Waals surface area (Å²) in [4.78, 5) is 22.7. The smallest absolute Gasteiger partial charge is 0.338 e. The second kappa shape index (κ2) is 4.85. The highest BCUT2D eigenvalue weighted by molar-refractivity contribution is 7.14. The molecular weight excluding hydrogens is 242 g/mol. The van der Waals surface area contributed by atoms with E-state index in [9.17, 15) is 9.59 Å². The molecule has 0 spiro atoms. The summed E-state index contributed by atoms with van der Waals surface area (Å²) < 4.78 is 5.32. The Balaban J connectivity index is 2.07. The molecule has 1 aromatic heterocycles. The normalized spacial score (nSPS) is 23.6. The molecule has 1 aromatic rings. The van der Waals surface area contributed by atoms with E-state index in [0.29, 0.717) is 11.6 Å². The zero-order valence-corrected chi connectivity index (χ0v) is 10.1. The van der Waals surface area contributed by atoms with Gasteiger partial charge < -0.3 is 15.2 Å². The first-order valence-corrected chi connectivity index (χ1v) is 6.21. The van der Waals surface area contributed by atoms with E-state index in [1.54, 1.807) is 5.38 Å². The molecule has 0 bridgehead atoms. The molecule has 2 unspecified atom stereocenters. The van der Waals surface area contributed by atoms with Crippen LogP contribution in [0.25, 0.3) is 0 Å². The molecular formula is C11H13NO4S. The fourth-order valence-corrected chi connectivity index (χ4v) is 2.57. The maximum Gasteiger partial charge on any atom is 0.338 e. The third-order valence-electron chi connectivity index (χ3n) is 2.78. The van der Waals surface area contributed by atoms with E-state index in [1.165, 1.54) is 17.4 Å². The lowest BCUT2D eigenvalue weighted by atomic mass is 10.0. The van der Waals surface area contributed by atoms with Gasteiger partial charge in [-0.05, 0) is 23.8 Å². The zero-order valence-electron chi connectivity index (χ0n) is 9.30. The van der Waals surface area contributed by atoms with E-state index in [1.807, 2.05) is 6.92 Å². The van der Waals surface area contributed by atoms with Crippen LogP contribution in [0.3, 0.4) is 0 Å². The lowest BCUT2D eigenvalue weighted by molar-refractivity contribution is -0.126. The Labute approximate surface area is 102 Å². The molecule has 1 saturated heterocycles. The predicted octanol–water partition coefficient (Wildman–Crippen LogP) is 1.81. The van der Waals surface area contributed by atoms with Crippen LogP contribution in [0.15, 0.2) is 11.4 Å². The van der Waals surface area contributed by atoms with Gasteiger partial charge in [-0.2, -0.15) is 0 Å². The molecule has 1 fully saturated rings. The fourth-order valence-electron chi connectivity index (χ4n) is 1.79. The molecule has 1 aliphatic rings. The molecule has 0 aliphatic carbocycles. The number of anilines is 1. The fraction of sp³-hybridized carbons (Fsp3) is 0.455. The summed E-state index contributed by atoms with van der Waals surface area (Å²) in [6.45, 7) is 2.53. The Morgan fingerprint density at radius 2 is 2.35 bits per heavy atom. The molecule has 2 rings (SSSR count). The molecule has 1 amide bonds. The summed E-state index contributed by atoms with van der Waals surface area (Å²) in [5.41, 5.74) is 0.119. The van der Waals surface area contributed by atoms with Crippen molar-refractivity contribution >= 4 is 28.2 Å². The van der Waals surface area contributed by atoms with Gasteiger partial charge in [-0.1, -0.05) is 6.92 Å². The van der Waals surface area contributed by atoms with Crippen molar-refractivity contribution < 1.29 is 19.4 Å². The number of hydrogen-bond donors (Lipinski definition) is 2. The SMILES string of the molecule is CC1CCOC1C(=O)Nc1sccc1C(=O)O. The molecule has 0 saturated carbocycles. The van der Waals surface area contributed by atoms with E-state index in [4.69, 9.17) is 9.84 Å². The topological polar surface area (TPSA) is 75.6 Å². The molecule has 92 valence electrons. The Hall–Kier alpha value is -1.40. The first-order chi connectivity index (χ1) is 8.09. The summed E-state index contributed by atoms with van der Waals surface area (Å²) in [6, 6.07) is 1.47. The third kappa shape index (κ3) is 2.48. The van der Waals surface area contributed by atoms with E-state index >= 15 is 0 Å². The second-order valence-electron chi connectivity index (χ2n) is 4.02. The number of thiophene rings is 1. The van der Waals surface area contributed by atoms with Crippen LogP contribution in [0.4, 0.5) is 5.00 Å². The van der Waals surface area contributed by atoms with Crippen LogP contribution in [0.5, 0.6) is 0 Å². The minimum atomic E-state index is -1.04. The Morgan fingerprint density at radius 1 is 1.59 bits per heavy atom. The molecule has 0 radical (unpaired) electrons. The third-order valence-corrected chi connectivity index (χ3v) is 3.61. The predicted molar refractivity (Wildman–Crippen MR) is 63.4 cm³/mol. The Bertz CT molecular complexity index is 442. The van der Waals surface area contributed by atoms with Gasteiger partial charge >= 0.3 is 5.97 Å². The molecule has 17 heavy (non-hydrogen) atoms. The van der Waals surface area contributed by atoms with Crippen molar-refractivity contribution in [2.45, 2.75) is 19.4 Å². The number of carboxylic acid groups (broad SMARTS) is 1. The van der Waals surface area contributed by atoms with Crippen LogP contribution < -0.4 is 5.32 Å². The van der Waals surface area contributed by atoms with E-state index < -0.39 is 12.1 Å². The van der Waals surface area contributed by atoms with Crippen LogP contribution in [0.2, 0.25) is 0 Å². The molecule has 1 aliphatic heterocycles. The highest BCUT2D eigenvalue weighted by atomic mass is 32.1. The summed E-state index contributed by atoms with van der Waals surface area (Å²) in [5.74, 6) is -1.13. The second-order valence-corrected chi connectivity index (χ2v) is 4.93. The minimum absolute atomic E-state index is 0.119.